The van der Waals surface area contributed by atoms with Gasteiger partial charge in [0.05, 0.1) is 0 Å². The first-order chi connectivity index (χ1) is 9.33. The molecule has 0 spiro atoms. The number of hydrogen-bond donors (Lipinski definition) is 1. The highest BCUT2D eigenvalue weighted by Gasteiger charge is 2.22. The Bertz CT molecular complexity index is 344. The van der Waals surface area contributed by atoms with Crippen molar-refractivity contribution in [2.45, 2.75) is 32.4 Å². The van der Waals surface area contributed by atoms with E-state index in [-0.39, 0.29) is 0 Å². The number of benzene rings is 1. The number of nitrogens with zero attached hydrogens (tertiary/aromatic N) is 2. The molecule has 2 rings (SSSR count). The lowest BCUT2D eigenvalue weighted by molar-refractivity contribution is 0.0871. The minimum Gasteiger partial charge on any atom is -0.330 e. The summed E-state index contributed by atoms with van der Waals surface area (Å²) >= 11 is 0. The van der Waals surface area contributed by atoms with E-state index >= 15 is 0 Å². The average molecular weight is 261 g/mol. The molecule has 0 aliphatic carbocycles. The Kier molecular flexibility index (Phi) is 5.83. The summed E-state index contributed by atoms with van der Waals surface area (Å²) in [6, 6.07) is 11.5. The fourth-order valence-corrected chi connectivity index (χ4v) is 2.97. The maximum absolute atomic E-state index is 5.70. The molecule has 0 saturated carbocycles. The second-order valence-corrected chi connectivity index (χ2v) is 5.44. The topological polar surface area (TPSA) is 32.5 Å². The van der Waals surface area contributed by atoms with Gasteiger partial charge in [0.25, 0.3) is 0 Å². The Balaban J connectivity index is 1.79. The molecule has 2 N–H and O–H groups in total. The van der Waals surface area contributed by atoms with Crippen LogP contribution in [0.15, 0.2) is 30.3 Å². The number of rotatable bonds is 6. The van der Waals surface area contributed by atoms with Crippen molar-refractivity contribution in [3.8, 4) is 0 Å². The second kappa shape index (κ2) is 7.63. The third-order valence-electron chi connectivity index (χ3n) is 4.14. The van der Waals surface area contributed by atoms with Crippen LogP contribution in [0.4, 0.5) is 0 Å². The highest BCUT2D eigenvalue weighted by atomic mass is 15.3. The van der Waals surface area contributed by atoms with Gasteiger partial charge in [0.15, 0.2) is 0 Å². The lowest BCUT2D eigenvalue weighted by Gasteiger charge is -2.39. The molecule has 0 aromatic heterocycles. The van der Waals surface area contributed by atoms with Crippen LogP contribution in [0.3, 0.4) is 0 Å². The fraction of sp³-hybridized carbons (Fsp3) is 0.625. The van der Waals surface area contributed by atoms with E-state index in [2.05, 4.69) is 47.1 Å². The summed E-state index contributed by atoms with van der Waals surface area (Å²) in [5, 5.41) is 0. The monoisotopic (exact) mass is 261 g/mol. The number of hydrogen-bond acceptors (Lipinski definition) is 3. The Hall–Kier alpha value is -0.900. The van der Waals surface area contributed by atoms with E-state index in [0.29, 0.717) is 6.04 Å². The lowest BCUT2D eigenvalue weighted by atomic mass is 10.1. The van der Waals surface area contributed by atoms with Crippen molar-refractivity contribution in [3.05, 3.63) is 35.9 Å². The van der Waals surface area contributed by atoms with E-state index in [4.69, 9.17) is 5.73 Å². The fourth-order valence-electron chi connectivity index (χ4n) is 2.97. The smallest absolute Gasteiger partial charge is 0.0234 e. The number of piperazine rings is 1. The minimum absolute atomic E-state index is 0.684. The van der Waals surface area contributed by atoms with Gasteiger partial charge in [-0.05, 0) is 24.9 Å². The summed E-state index contributed by atoms with van der Waals surface area (Å²) in [4.78, 5) is 5.18. The van der Waals surface area contributed by atoms with Gasteiger partial charge in [-0.2, -0.15) is 0 Å². The van der Waals surface area contributed by atoms with Gasteiger partial charge >= 0.3 is 0 Å². The number of nitrogens with two attached hydrogens (primary N) is 1. The maximum atomic E-state index is 5.70. The Morgan fingerprint density at radius 1 is 1.11 bits per heavy atom. The zero-order valence-corrected chi connectivity index (χ0v) is 12.1. The van der Waals surface area contributed by atoms with E-state index in [1.54, 1.807) is 0 Å². The Morgan fingerprint density at radius 3 is 2.37 bits per heavy atom. The molecule has 0 amide bonds. The van der Waals surface area contributed by atoms with E-state index in [9.17, 15) is 0 Å². The van der Waals surface area contributed by atoms with Crippen LogP contribution >= 0.6 is 0 Å². The molecule has 1 heterocycles. The van der Waals surface area contributed by atoms with E-state index in [1.807, 2.05) is 0 Å². The van der Waals surface area contributed by atoms with Gasteiger partial charge < -0.3 is 5.73 Å². The van der Waals surface area contributed by atoms with Crippen LogP contribution in [0, 0.1) is 0 Å². The molecule has 1 saturated heterocycles. The summed E-state index contributed by atoms with van der Waals surface area (Å²) in [5.41, 5.74) is 7.13. The Labute approximate surface area is 117 Å². The van der Waals surface area contributed by atoms with Gasteiger partial charge in [0.2, 0.25) is 0 Å². The van der Waals surface area contributed by atoms with E-state index in [0.717, 1.165) is 19.5 Å². The second-order valence-electron chi connectivity index (χ2n) is 5.44. The van der Waals surface area contributed by atoms with Crippen molar-refractivity contribution in [2.75, 3.05) is 32.7 Å². The first-order valence-corrected chi connectivity index (χ1v) is 7.54. The molecule has 1 unspecified atom stereocenters. The summed E-state index contributed by atoms with van der Waals surface area (Å²) in [6.45, 7) is 8.89. The van der Waals surface area contributed by atoms with Crippen molar-refractivity contribution in [2.24, 2.45) is 5.73 Å². The molecule has 3 nitrogen and oxygen atoms in total. The summed E-state index contributed by atoms with van der Waals surface area (Å²) in [5.74, 6) is 0. The SMILES string of the molecule is CCC(CCN)N1CCN(Cc2ccccc2)CC1. The lowest BCUT2D eigenvalue weighted by Crippen LogP contribution is -2.50. The highest BCUT2D eigenvalue weighted by molar-refractivity contribution is 5.14. The third kappa shape index (κ3) is 4.30. The molecule has 1 aromatic carbocycles. The predicted molar refractivity (Wildman–Crippen MR) is 81.0 cm³/mol. The molecule has 1 aromatic rings. The molecule has 3 heteroatoms. The quantitative estimate of drug-likeness (QED) is 0.849. The molecule has 0 bridgehead atoms. The molecular formula is C16H27N3. The zero-order chi connectivity index (χ0) is 13.5. The van der Waals surface area contributed by atoms with Crippen LogP contribution in [-0.2, 0) is 6.54 Å². The van der Waals surface area contributed by atoms with Crippen molar-refractivity contribution < 1.29 is 0 Å². The van der Waals surface area contributed by atoms with Crippen molar-refractivity contribution in [3.63, 3.8) is 0 Å². The molecule has 0 radical (unpaired) electrons. The largest absolute Gasteiger partial charge is 0.330 e. The van der Waals surface area contributed by atoms with Gasteiger partial charge in [-0.15, -0.1) is 0 Å². The highest BCUT2D eigenvalue weighted by Crippen LogP contribution is 2.13. The molecular weight excluding hydrogens is 234 g/mol. The van der Waals surface area contributed by atoms with E-state index in [1.165, 1.54) is 38.2 Å². The van der Waals surface area contributed by atoms with Crippen molar-refractivity contribution >= 4 is 0 Å². The first-order valence-electron chi connectivity index (χ1n) is 7.54. The maximum Gasteiger partial charge on any atom is 0.0234 e. The molecule has 1 aliphatic rings. The normalized spacial score (nSPS) is 19.5. The van der Waals surface area contributed by atoms with E-state index < -0.39 is 0 Å². The molecule has 19 heavy (non-hydrogen) atoms. The van der Waals surface area contributed by atoms with Gasteiger partial charge in [-0.25, -0.2) is 0 Å². The van der Waals surface area contributed by atoms with Gasteiger partial charge in [-0.3, -0.25) is 9.80 Å². The average Bonchev–Trinajstić information content (AvgIpc) is 2.47. The Morgan fingerprint density at radius 2 is 1.79 bits per heavy atom. The van der Waals surface area contributed by atoms with Crippen LogP contribution in [0.1, 0.15) is 25.3 Å². The molecule has 1 fully saturated rings. The van der Waals surface area contributed by atoms with Crippen LogP contribution in [0.25, 0.3) is 0 Å². The van der Waals surface area contributed by atoms with Gasteiger partial charge in [0.1, 0.15) is 0 Å². The summed E-state index contributed by atoms with van der Waals surface area (Å²) < 4.78 is 0. The van der Waals surface area contributed by atoms with Crippen molar-refractivity contribution in [1.82, 2.24) is 9.80 Å². The standard InChI is InChI=1S/C16H27N3/c1-2-16(8-9-17)19-12-10-18(11-13-19)14-15-6-4-3-5-7-15/h3-7,16H,2,8-14,17H2,1H3. The van der Waals surface area contributed by atoms with Crippen molar-refractivity contribution in [1.29, 1.82) is 0 Å². The summed E-state index contributed by atoms with van der Waals surface area (Å²) in [6.07, 6.45) is 2.35. The first kappa shape index (κ1) is 14.5. The zero-order valence-electron chi connectivity index (χ0n) is 12.1. The van der Waals surface area contributed by atoms with Gasteiger partial charge in [0, 0.05) is 38.8 Å². The minimum atomic E-state index is 0.684. The molecule has 1 aliphatic heterocycles. The van der Waals surface area contributed by atoms with Crippen LogP contribution < -0.4 is 5.73 Å². The van der Waals surface area contributed by atoms with Crippen LogP contribution in [-0.4, -0.2) is 48.6 Å². The predicted octanol–water partition coefficient (Wildman–Crippen LogP) is 1.93. The third-order valence-corrected chi connectivity index (χ3v) is 4.14. The van der Waals surface area contributed by atoms with Gasteiger partial charge in [-0.1, -0.05) is 37.3 Å². The molecule has 106 valence electrons. The molecule has 1 atom stereocenters. The van der Waals surface area contributed by atoms with Crippen LogP contribution in [0.5, 0.6) is 0 Å². The van der Waals surface area contributed by atoms with Crippen LogP contribution in [0.2, 0.25) is 0 Å². The summed E-state index contributed by atoms with van der Waals surface area (Å²) in [7, 11) is 0.